The SMILES string of the molecule is CSc1ccccc1NC(C)C12CC3CC(CC(C3)C1)C2. The summed E-state index contributed by atoms with van der Waals surface area (Å²) >= 11 is 1.85. The Morgan fingerprint density at radius 3 is 2.19 bits per heavy atom. The lowest BCUT2D eigenvalue weighted by Crippen LogP contribution is -2.52. The molecular weight excluding hydrogens is 274 g/mol. The minimum absolute atomic E-state index is 0.584. The van der Waals surface area contributed by atoms with Crippen LogP contribution in [0.2, 0.25) is 0 Å². The van der Waals surface area contributed by atoms with Crippen molar-refractivity contribution in [1.82, 2.24) is 0 Å². The summed E-state index contributed by atoms with van der Waals surface area (Å²) in [4.78, 5) is 1.38. The number of thioether (sulfide) groups is 1. The van der Waals surface area contributed by atoms with E-state index in [9.17, 15) is 0 Å². The molecule has 4 aliphatic rings. The second-order valence-corrected chi connectivity index (χ2v) is 8.69. The number of anilines is 1. The summed E-state index contributed by atoms with van der Waals surface area (Å²) in [5.41, 5.74) is 1.92. The predicted octanol–water partition coefficient (Wildman–Crippen LogP) is 5.43. The van der Waals surface area contributed by atoms with Crippen molar-refractivity contribution >= 4 is 17.4 Å². The third-order valence-electron chi connectivity index (χ3n) is 6.48. The maximum Gasteiger partial charge on any atom is 0.0480 e. The molecule has 1 aromatic rings. The molecule has 1 atom stereocenters. The van der Waals surface area contributed by atoms with Gasteiger partial charge in [-0.1, -0.05) is 12.1 Å². The lowest BCUT2D eigenvalue weighted by Gasteiger charge is -2.59. The maximum atomic E-state index is 3.90. The molecule has 0 radical (unpaired) electrons. The van der Waals surface area contributed by atoms with E-state index in [1.807, 2.05) is 11.8 Å². The molecule has 4 fully saturated rings. The van der Waals surface area contributed by atoms with Gasteiger partial charge in [0, 0.05) is 16.6 Å². The molecule has 0 heterocycles. The monoisotopic (exact) mass is 301 g/mol. The van der Waals surface area contributed by atoms with Gasteiger partial charge >= 0.3 is 0 Å². The van der Waals surface area contributed by atoms with E-state index in [0.717, 1.165) is 17.8 Å². The molecule has 2 heteroatoms. The third-order valence-corrected chi connectivity index (χ3v) is 7.28. The Morgan fingerprint density at radius 1 is 1.05 bits per heavy atom. The van der Waals surface area contributed by atoms with Crippen molar-refractivity contribution in [3.63, 3.8) is 0 Å². The summed E-state index contributed by atoms with van der Waals surface area (Å²) in [6, 6.07) is 9.41. The zero-order valence-electron chi connectivity index (χ0n) is 13.3. The van der Waals surface area contributed by atoms with Crippen LogP contribution in [-0.4, -0.2) is 12.3 Å². The molecule has 0 spiro atoms. The van der Waals surface area contributed by atoms with Crippen LogP contribution in [0, 0.1) is 23.2 Å². The van der Waals surface area contributed by atoms with Crippen LogP contribution in [-0.2, 0) is 0 Å². The zero-order chi connectivity index (χ0) is 14.4. The molecule has 4 aliphatic carbocycles. The third kappa shape index (κ3) is 2.40. The van der Waals surface area contributed by atoms with E-state index < -0.39 is 0 Å². The first-order valence-electron chi connectivity index (χ1n) is 8.58. The van der Waals surface area contributed by atoms with Crippen molar-refractivity contribution in [1.29, 1.82) is 0 Å². The molecule has 4 saturated carbocycles. The van der Waals surface area contributed by atoms with Crippen molar-refractivity contribution in [2.24, 2.45) is 23.2 Å². The molecule has 1 aromatic carbocycles. The highest BCUT2D eigenvalue weighted by molar-refractivity contribution is 7.98. The molecule has 0 amide bonds. The highest BCUT2D eigenvalue weighted by Crippen LogP contribution is 2.61. The minimum atomic E-state index is 0.584. The van der Waals surface area contributed by atoms with Crippen molar-refractivity contribution in [3.8, 4) is 0 Å². The Labute approximate surface area is 133 Å². The van der Waals surface area contributed by atoms with E-state index >= 15 is 0 Å². The van der Waals surface area contributed by atoms with Gasteiger partial charge in [0.1, 0.15) is 0 Å². The number of rotatable bonds is 4. The summed E-state index contributed by atoms with van der Waals surface area (Å²) in [5, 5.41) is 3.90. The van der Waals surface area contributed by atoms with Crippen molar-refractivity contribution in [2.75, 3.05) is 11.6 Å². The minimum Gasteiger partial charge on any atom is -0.381 e. The maximum absolute atomic E-state index is 3.90. The van der Waals surface area contributed by atoms with E-state index in [1.165, 1.54) is 49.1 Å². The van der Waals surface area contributed by atoms with Crippen LogP contribution in [0.15, 0.2) is 29.2 Å². The molecule has 5 rings (SSSR count). The molecule has 1 unspecified atom stereocenters. The summed E-state index contributed by atoms with van der Waals surface area (Å²) in [7, 11) is 0. The van der Waals surface area contributed by atoms with Crippen LogP contribution < -0.4 is 5.32 Å². The Hall–Kier alpha value is -0.630. The fraction of sp³-hybridized carbons (Fsp3) is 0.684. The quantitative estimate of drug-likeness (QED) is 0.745. The Kier molecular flexibility index (Phi) is 3.48. The van der Waals surface area contributed by atoms with Gasteiger partial charge < -0.3 is 5.32 Å². The lowest BCUT2D eigenvalue weighted by molar-refractivity contribution is -0.0602. The topological polar surface area (TPSA) is 12.0 Å². The summed E-state index contributed by atoms with van der Waals surface area (Å²) in [5.74, 6) is 3.11. The second-order valence-electron chi connectivity index (χ2n) is 7.85. The molecule has 21 heavy (non-hydrogen) atoms. The highest BCUT2D eigenvalue weighted by Gasteiger charge is 2.53. The average molecular weight is 301 g/mol. The largest absolute Gasteiger partial charge is 0.381 e. The molecule has 4 bridgehead atoms. The van der Waals surface area contributed by atoms with Crippen LogP contribution in [0.5, 0.6) is 0 Å². The molecule has 0 saturated heterocycles. The van der Waals surface area contributed by atoms with Crippen molar-refractivity contribution in [2.45, 2.75) is 56.4 Å². The van der Waals surface area contributed by atoms with Gasteiger partial charge in [-0.2, -0.15) is 0 Å². The predicted molar refractivity (Wildman–Crippen MR) is 91.9 cm³/mol. The molecule has 1 N–H and O–H groups in total. The molecule has 1 nitrogen and oxygen atoms in total. The number of benzene rings is 1. The van der Waals surface area contributed by atoms with Crippen molar-refractivity contribution < 1.29 is 0 Å². The van der Waals surface area contributed by atoms with Gasteiger partial charge in [-0.15, -0.1) is 11.8 Å². The van der Waals surface area contributed by atoms with Crippen LogP contribution in [0.1, 0.15) is 45.4 Å². The van der Waals surface area contributed by atoms with Gasteiger partial charge in [0.05, 0.1) is 0 Å². The number of nitrogens with one attached hydrogen (secondary N) is 1. The first-order chi connectivity index (χ1) is 10.2. The van der Waals surface area contributed by atoms with Gasteiger partial charge in [0.15, 0.2) is 0 Å². The smallest absolute Gasteiger partial charge is 0.0480 e. The Bertz CT molecular complexity index is 489. The van der Waals surface area contributed by atoms with Crippen molar-refractivity contribution in [3.05, 3.63) is 24.3 Å². The molecule has 0 aromatic heterocycles. The van der Waals surface area contributed by atoms with E-state index in [0.29, 0.717) is 11.5 Å². The number of hydrogen-bond acceptors (Lipinski definition) is 2. The average Bonchev–Trinajstić information content (AvgIpc) is 2.46. The second kappa shape index (κ2) is 5.22. The van der Waals surface area contributed by atoms with E-state index in [4.69, 9.17) is 0 Å². The van der Waals surface area contributed by atoms with E-state index in [2.05, 4.69) is 42.8 Å². The van der Waals surface area contributed by atoms with Gasteiger partial charge in [0.2, 0.25) is 0 Å². The van der Waals surface area contributed by atoms with Gasteiger partial charge in [-0.25, -0.2) is 0 Å². The Balaban J connectivity index is 1.56. The number of hydrogen-bond donors (Lipinski definition) is 1. The van der Waals surface area contributed by atoms with Crippen LogP contribution >= 0.6 is 11.8 Å². The molecule has 114 valence electrons. The normalized spacial score (nSPS) is 38.5. The first-order valence-corrected chi connectivity index (χ1v) is 9.80. The summed E-state index contributed by atoms with van der Waals surface area (Å²) in [6.45, 7) is 2.45. The summed E-state index contributed by atoms with van der Waals surface area (Å²) < 4.78 is 0. The molecular formula is C19H27NS. The van der Waals surface area contributed by atoms with Gasteiger partial charge in [0.25, 0.3) is 0 Å². The van der Waals surface area contributed by atoms with Crippen LogP contribution in [0.25, 0.3) is 0 Å². The standard InChI is InChI=1S/C19H27NS/c1-13(20-17-5-3-4-6-18(17)21-2)19-10-14-7-15(11-19)9-16(8-14)12-19/h3-6,13-16,20H,7-12H2,1-2H3. The fourth-order valence-corrected chi connectivity index (χ4v) is 6.42. The summed E-state index contributed by atoms with van der Waals surface area (Å²) in [6.07, 6.45) is 11.2. The zero-order valence-corrected chi connectivity index (χ0v) is 14.1. The van der Waals surface area contributed by atoms with E-state index in [-0.39, 0.29) is 0 Å². The fourth-order valence-electron chi connectivity index (χ4n) is 5.86. The van der Waals surface area contributed by atoms with Crippen LogP contribution in [0.3, 0.4) is 0 Å². The van der Waals surface area contributed by atoms with E-state index in [1.54, 1.807) is 0 Å². The first kappa shape index (κ1) is 14.0. The van der Waals surface area contributed by atoms with Crippen LogP contribution in [0.4, 0.5) is 5.69 Å². The van der Waals surface area contributed by atoms with Gasteiger partial charge in [-0.05, 0) is 87.0 Å². The Morgan fingerprint density at radius 2 is 1.62 bits per heavy atom. The van der Waals surface area contributed by atoms with Gasteiger partial charge in [-0.3, -0.25) is 0 Å². The number of para-hydroxylation sites is 1. The lowest BCUT2D eigenvalue weighted by atomic mass is 9.48. The molecule has 0 aliphatic heterocycles. The highest BCUT2D eigenvalue weighted by atomic mass is 32.2.